The maximum atomic E-state index is 12.9. The molecule has 2 bridgehead atoms. The van der Waals surface area contributed by atoms with Crippen LogP contribution in [0.4, 0.5) is 4.39 Å². The molecule has 2 aliphatic rings. The molecule has 2 fully saturated rings. The van der Waals surface area contributed by atoms with Crippen molar-refractivity contribution in [2.45, 2.75) is 43.4 Å². The van der Waals surface area contributed by atoms with Crippen LogP contribution in [0.5, 0.6) is 0 Å². The molecule has 1 aromatic rings. The number of hydrogen-bond donors (Lipinski definition) is 1. The van der Waals surface area contributed by atoms with Gasteiger partial charge in [0.25, 0.3) is 0 Å². The summed E-state index contributed by atoms with van der Waals surface area (Å²) in [6.07, 6.45) is 2.43. The molecular formula is C16H18FNO4. The second kappa shape index (κ2) is 5.35. The Balaban J connectivity index is 1.82. The summed E-state index contributed by atoms with van der Waals surface area (Å²) in [7, 11) is 1.98. The van der Waals surface area contributed by atoms with E-state index in [4.69, 9.17) is 4.74 Å². The van der Waals surface area contributed by atoms with E-state index in [1.54, 1.807) is 0 Å². The van der Waals surface area contributed by atoms with E-state index in [0.29, 0.717) is 12.8 Å². The van der Waals surface area contributed by atoms with Crippen LogP contribution in [0.2, 0.25) is 0 Å². The number of carboxylic acids is 1. The van der Waals surface area contributed by atoms with Crippen molar-refractivity contribution in [2.24, 2.45) is 0 Å². The third-order valence-corrected chi connectivity index (χ3v) is 4.87. The van der Waals surface area contributed by atoms with Crippen LogP contribution < -0.4 is 0 Å². The standard InChI is InChI=1S/C16H18FNO4/c1-18-12-6-7-13(18)9-16(8-12,15(20)21)22-14(19)10-2-4-11(17)5-3-10/h2-5,12-13H,6-9H2,1H3,(H,20,21). The molecule has 5 nitrogen and oxygen atoms in total. The van der Waals surface area contributed by atoms with Gasteiger partial charge in [-0.3, -0.25) is 0 Å². The number of fused-ring (bicyclic) bond motifs is 2. The Kier molecular flexibility index (Phi) is 3.64. The minimum atomic E-state index is -1.48. The zero-order chi connectivity index (χ0) is 15.9. The number of aliphatic carboxylic acids is 1. The molecule has 2 aliphatic heterocycles. The fraction of sp³-hybridized carbons (Fsp3) is 0.500. The second-order valence-corrected chi connectivity index (χ2v) is 6.15. The minimum absolute atomic E-state index is 0.121. The summed E-state index contributed by atoms with van der Waals surface area (Å²) in [5.41, 5.74) is -1.32. The van der Waals surface area contributed by atoms with Crippen LogP contribution in [0.3, 0.4) is 0 Å². The average molecular weight is 307 g/mol. The fourth-order valence-electron chi connectivity index (χ4n) is 3.55. The predicted octanol–water partition coefficient (Wildman–Crippen LogP) is 2.06. The maximum Gasteiger partial charge on any atom is 0.348 e. The van der Waals surface area contributed by atoms with Crippen molar-refractivity contribution < 1.29 is 23.8 Å². The van der Waals surface area contributed by atoms with E-state index in [0.717, 1.165) is 25.0 Å². The summed E-state index contributed by atoms with van der Waals surface area (Å²) < 4.78 is 18.3. The van der Waals surface area contributed by atoms with Gasteiger partial charge in [0.1, 0.15) is 5.82 Å². The highest BCUT2D eigenvalue weighted by Crippen LogP contribution is 2.42. The summed E-state index contributed by atoms with van der Waals surface area (Å²) in [5, 5.41) is 9.62. The minimum Gasteiger partial charge on any atom is -0.478 e. The lowest BCUT2D eigenvalue weighted by atomic mass is 9.86. The second-order valence-electron chi connectivity index (χ2n) is 6.15. The van der Waals surface area contributed by atoms with Gasteiger partial charge in [-0.2, -0.15) is 0 Å². The summed E-state index contributed by atoms with van der Waals surface area (Å²) >= 11 is 0. The Morgan fingerprint density at radius 3 is 2.27 bits per heavy atom. The van der Waals surface area contributed by atoms with Gasteiger partial charge in [-0.05, 0) is 44.2 Å². The number of nitrogens with zero attached hydrogens (tertiary/aromatic N) is 1. The smallest absolute Gasteiger partial charge is 0.348 e. The highest BCUT2D eigenvalue weighted by Gasteiger charge is 2.54. The molecule has 2 atom stereocenters. The molecule has 2 saturated heterocycles. The summed E-state index contributed by atoms with van der Waals surface area (Å²) in [6.45, 7) is 0. The van der Waals surface area contributed by atoms with E-state index in [1.807, 2.05) is 7.05 Å². The Bertz CT molecular complexity index is 587. The zero-order valence-electron chi connectivity index (χ0n) is 12.3. The number of benzene rings is 1. The first-order valence-corrected chi connectivity index (χ1v) is 7.35. The molecule has 22 heavy (non-hydrogen) atoms. The van der Waals surface area contributed by atoms with Gasteiger partial charge in [-0.1, -0.05) is 0 Å². The molecule has 118 valence electrons. The molecule has 1 N–H and O–H groups in total. The average Bonchev–Trinajstić information content (AvgIpc) is 2.71. The van der Waals surface area contributed by atoms with E-state index < -0.39 is 23.4 Å². The van der Waals surface area contributed by atoms with Gasteiger partial charge in [0, 0.05) is 24.9 Å². The Morgan fingerprint density at radius 2 is 1.77 bits per heavy atom. The van der Waals surface area contributed by atoms with Crippen LogP contribution in [0.15, 0.2) is 24.3 Å². The molecule has 2 heterocycles. The summed E-state index contributed by atoms with van der Waals surface area (Å²) in [5.74, 6) is -2.28. The topological polar surface area (TPSA) is 66.8 Å². The van der Waals surface area contributed by atoms with Gasteiger partial charge in [-0.25, -0.2) is 14.0 Å². The van der Waals surface area contributed by atoms with Crippen molar-refractivity contribution in [2.75, 3.05) is 7.05 Å². The van der Waals surface area contributed by atoms with Gasteiger partial charge in [0.05, 0.1) is 5.56 Å². The lowest BCUT2D eigenvalue weighted by molar-refractivity contribution is -0.167. The van der Waals surface area contributed by atoms with E-state index in [2.05, 4.69) is 4.90 Å². The third-order valence-electron chi connectivity index (χ3n) is 4.87. The molecule has 0 saturated carbocycles. The molecule has 0 aliphatic carbocycles. The number of esters is 1. The van der Waals surface area contributed by atoms with Crippen molar-refractivity contribution in [3.8, 4) is 0 Å². The lowest BCUT2D eigenvalue weighted by Gasteiger charge is -2.41. The molecular weight excluding hydrogens is 289 g/mol. The molecule has 0 spiro atoms. The fourth-order valence-corrected chi connectivity index (χ4v) is 3.55. The van der Waals surface area contributed by atoms with Crippen LogP contribution >= 0.6 is 0 Å². The molecule has 2 unspecified atom stereocenters. The van der Waals surface area contributed by atoms with Gasteiger partial charge >= 0.3 is 11.9 Å². The summed E-state index contributed by atoms with van der Waals surface area (Å²) in [4.78, 5) is 26.2. The highest BCUT2D eigenvalue weighted by molar-refractivity contribution is 5.92. The van der Waals surface area contributed by atoms with Crippen LogP contribution in [0.25, 0.3) is 0 Å². The Morgan fingerprint density at radius 1 is 1.23 bits per heavy atom. The first-order valence-electron chi connectivity index (χ1n) is 7.35. The van der Waals surface area contributed by atoms with Crippen molar-refractivity contribution in [3.05, 3.63) is 35.6 Å². The molecule has 1 aromatic carbocycles. The van der Waals surface area contributed by atoms with Gasteiger partial charge in [0.15, 0.2) is 0 Å². The third kappa shape index (κ3) is 2.47. The number of carbonyl (C=O) groups is 2. The van der Waals surface area contributed by atoms with Crippen LogP contribution in [0.1, 0.15) is 36.0 Å². The van der Waals surface area contributed by atoms with Crippen molar-refractivity contribution in [3.63, 3.8) is 0 Å². The number of carbonyl (C=O) groups excluding carboxylic acids is 1. The SMILES string of the molecule is CN1C2CCC1CC(OC(=O)c1ccc(F)cc1)(C(=O)O)C2. The van der Waals surface area contributed by atoms with Gasteiger partial charge in [-0.15, -0.1) is 0 Å². The van der Waals surface area contributed by atoms with Crippen molar-refractivity contribution in [1.29, 1.82) is 0 Å². The number of halogens is 1. The van der Waals surface area contributed by atoms with Crippen LogP contribution in [-0.2, 0) is 9.53 Å². The number of ether oxygens (including phenoxy) is 1. The highest BCUT2D eigenvalue weighted by atomic mass is 19.1. The molecule has 0 amide bonds. The zero-order valence-corrected chi connectivity index (χ0v) is 12.3. The van der Waals surface area contributed by atoms with E-state index in [1.165, 1.54) is 12.1 Å². The molecule has 0 aromatic heterocycles. The lowest BCUT2D eigenvalue weighted by Crippen LogP contribution is -2.55. The number of rotatable bonds is 3. The van der Waals surface area contributed by atoms with Crippen molar-refractivity contribution >= 4 is 11.9 Å². The first-order chi connectivity index (χ1) is 10.4. The Hall–Kier alpha value is -1.95. The number of carboxylic acid groups (broad SMARTS) is 1. The first kappa shape index (κ1) is 15.0. The number of hydrogen-bond acceptors (Lipinski definition) is 4. The van der Waals surface area contributed by atoms with E-state index in [-0.39, 0.29) is 17.6 Å². The monoisotopic (exact) mass is 307 g/mol. The molecule has 6 heteroatoms. The largest absolute Gasteiger partial charge is 0.478 e. The van der Waals surface area contributed by atoms with Crippen LogP contribution in [0, 0.1) is 5.82 Å². The Labute approximate surface area is 127 Å². The van der Waals surface area contributed by atoms with Gasteiger partial charge < -0.3 is 14.7 Å². The van der Waals surface area contributed by atoms with Crippen molar-refractivity contribution in [1.82, 2.24) is 4.90 Å². The molecule has 0 radical (unpaired) electrons. The van der Waals surface area contributed by atoms with E-state index >= 15 is 0 Å². The summed E-state index contributed by atoms with van der Waals surface area (Å²) in [6, 6.07) is 5.16. The van der Waals surface area contributed by atoms with Gasteiger partial charge in [0.2, 0.25) is 5.60 Å². The number of piperidine rings is 1. The quantitative estimate of drug-likeness (QED) is 0.866. The van der Waals surface area contributed by atoms with E-state index in [9.17, 15) is 19.1 Å². The predicted molar refractivity (Wildman–Crippen MR) is 76.0 cm³/mol. The van der Waals surface area contributed by atoms with Crippen LogP contribution in [-0.4, -0.2) is 46.7 Å². The molecule has 3 rings (SSSR count). The normalized spacial score (nSPS) is 31.0. The maximum absolute atomic E-state index is 12.9.